The SMILES string of the molecule is CCOC(=O)C1CC(C(N)CC)C1. The second kappa shape index (κ2) is 4.61. The zero-order valence-corrected chi connectivity index (χ0v) is 8.45. The highest BCUT2D eigenvalue weighted by molar-refractivity contribution is 5.73. The highest BCUT2D eigenvalue weighted by Crippen LogP contribution is 2.36. The van der Waals surface area contributed by atoms with E-state index in [9.17, 15) is 4.79 Å². The maximum atomic E-state index is 11.2. The Balaban J connectivity index is 2.21. The van der Waals surface area contributed by atoms with Gasteiger partial charge in [0.1, 0.15) is 0 Å². The summed E-state index contributed by atoms with van der Waals surface area (Å²) in [4.78, 5) is 11.2. The molecule has 0 aromatic heterocycles. The van der Waals surface area contributed by atoms with E-state index < -0.39 is 0 Å². The summed E-state index contributed by atoms with van der Waals surface area (Å²) in [6, 6.07) is 0.269. The number of ether oxygens (including phenoxy) is 1. The Labute approximate surface area is 79.6 Å². The summed E-state index contributed by atoms with van der Waals surface area (Å²) in [6.45, 7) is 4.41. The molecule has 0 aromatic carbocycles. The van der Waals surface area contributed by atoms with Crippen molar-refractivity contribution in [1.29, 1.82) is 0 Å². The minimum Gasteiger partial charge on any atom is -0.466 e. The maximum absolute atomic E-state index is 11.2. The molecule has 0 radical (unpaired) electrons. The van der Waals surface area contributed by atoms with Crippen molar-refractivity contribution in [2.24, 2.45) is 17.6 Å². The molecule has 1 aliphatic rings. The molecule has 0 bridgehead atoms. The summed E-state index contributed by atoms with van der Waals surface area (Å²) < 4.78 is 4.93. The van der Waals surface area contributed by atoms with Crippen LogP contribution in [0.4, 0.5) is 0 Å². The Morgan fingerprint density at radius 2 is 2.15 bits per heavy atom. The van der Waals surface area contributed by atoms with Gasteiger partial charge in [-0.05, 0) is 32.1 Å². The lowest BCUT2D eigenvalue weighted by molar-refractivity contribution is -0.153. The number of carbonyl (C=O) groups is 1. The van der Waals surface area contributed by atoms with Crippen LogP contribution in [0.3, 0.4) is 0 Å². The maximum Gasteiger partial charge on any atom is 0.308 e. The summed E-state index contributed by atoms with van der Waals surface area (Å²) in [7, 11) is 0. The van der Waals surface area contributed by atoms with Gasteiger partial charge in [-0.2, -0.15) is 0 Å². The average molecular weight is 185 g/mol. The van der Waals surface area contributed by atoms with Gasteiger partial charge in [0.25, 0.3) is 0 Å². The number of nitrogens with two attached hydrogens (primary N) is 1. The Kier molecular flexibility index (Phi) is 3.72. The van der Waals surface area contributed by atoms with Crippen LogP contribution in [0.5, 0.6) is 0 Å². The van der Waals surface area contributed by atoms with Crippen LogP contribution in [0.2, 0.25) is 0 Å². The van der Waals surface area contributed by atoms with Crippen LogP contribution in [0, 0.1) is 11.8 Å². The van der Waals surface area contributed by atoms with Crippen LogP contribution in [-0.2, 0) is 9.53 Å². The molecule has 76 valence electrons. The summed E-state index contributed by atoms with van der Waals surface area (Å²) in [5.74, 6) is 0.629. The van der Waals surface area contributed by atoms with Crippen LogP contribution < -0.4 is 5.73 Å². The van der Waals surface area contributed by atoms with Gasteiger partial charge in [0.15, 0.2) is 0 Å². The van der Waals surface area contributed by atoms with Gasteiger partial charge in [0.05, 0.1) is 12.5 Å². The van der Waals surface area contributed by atoms with Gasteiger partial charge in [-0.25, -0.2) is 0 Å². The van der Waals surface area contributed by atoms with Crippen LogP contribution in [0.15, 0.2) is 0 Å². The van der Waals surface area contributed by atoms with E-state index in [1.807, 2.05) is 6.92 Å². The molecule has 13 heavy (non-hydrogen) atoms. The Hall–Kier alpha value is -0.570. The fraction of sp³-hybridized carbons (Fsp3) is 0.900. The molecule has 1 fully saturated rings. The van der Waals surface area contributed by atoms with Crippen molar-refractivity contribution in [3.63, 3.8) is 0 Å². The first kappa shape index (κ1) is 10.5. The lowest BCUT2D eigenvalue weighted by Gasteiger charge is -2.37. The van der Waals surface area contributed by atoms with Crippen molar-refractivity contribution in [3.8, 4) is 0 Å². The molecule has 0 amide bonds. The molecular formula is C10H19NO2. The van der Waals surface area contributed by atoms with Gasteiger partial charge < -0.3 is 10.5 Å². The lowest BCUT2D eigenvalue weighted by Crippen LogP contribution is -2.42. The normalized spacial score (nSPS) is 29.2. The van der Waals surface area contributed by atoms with Gasteiger partial charge in [0, 0.05) is 6.04 Å². The third-order valence-electron chi connectivity index (χ3n) is 2.87. The van der Waals surface area contributed by atoms with Crippen LogP contribution in [-0.4, -0.2) is 18.6 Å². The number of rotatable bonds is 4. The van der Waals surface area contributed by atoms with Crippen molar-refractivity contribution < 1.29 is 9.53 Å². The molecule has 3 nitrogen and oxygen atoms in total. The molecule has 0 aliphatic heterocycles. The molecule has 0 aromatic rings. The molecule has 1 aliphatic carbocycles. The molecule has 1 rings (SSSR count). The first-order valence-electron chi connectivity index (χ1n) is 5.11. The smallest absolute Gasteiger partial charge is 0.308 e. The average Bonchev–Trinajstić information content (AvgIpc) is 2.01. The molecule has 0 heterocycles. The van der Waals surface area contributed by atoms with Gasteiger partial charge in [-0.3, -0.25) is 4.79 Å². The molecule has 1 saturated carbocycles. The van der Waals surface area contributed by atoms with E-state index in [2.05, 4.69) is 6.92 Å². The molecule has 1 atom stereocenters. The topological polar surface area (TPSA) is 52.3 Å². The molecule has 2 N–H and O–H groups in total. The van der Waals surface area contributed by atoms with E-state index >= 15 is 0 Å². The number of hydrogen-bond donors (Lipinski definition) is 1. The molecule has 0 spiro atoms. The summed E-state index contributed by atoms with van der Waals surface area (Å²) in [5.41, 5.74) is 5.86. The van der Waals surface area contributed by atoms with Gasteiger partial charge in [-0.15, -0.1) is 0 Å². The lowest BCUT2D eigenvalue weighted by atomic mass is 9.71. The monoisotopic (exact) mass is 185 g/mol. The highest BCUT2D eigenvalue weighted by atomic mass is 16.5. The fourth-order valence-corrected chi connectivity index (χ4v) is 1.80. The van der Waals surface area contributed by atoms with Gasteiger partial charge >= 0.3 is 5.97 Å². The van der Waals surface area contributed by atoms with E-state index in [1.54, 1.807) is 0 Å². The third kappa shape index (κ3) is 2.44. The predicted octanol–water partition coefficient (Wildman–Crippen LogP) is 1.31. The number of hydrogen-bond acceptors (Lipinski definition) is 3. The second-order valence-electron chi connectivity index (χ2n) is 3.75. The zero-order chi connectivity index (χ0) is 9.84. The quantitative estimate of drug-likeness (QED) is 0.672. The zero-order valence-electron chi connectivity index (χ0n) is 8.45. The molecule has 3 heteroatoms. The minimum atomic E-state index is -0.0398. The van der Waals surface area contributed by atoms with E-state index in [0.29, 0.717) is 12.5 Å². The number of carbonyl (C=O) groups excluding carboxylic acids is 1. The van der Waals surface area contributed by atoms with E-state index in [-0.39, 0.29) is 17.9 Å². The largest absolute Gasteiger partial charge is 0.466 e. The van der Waals surface area contributed by atoms with Gasteiger partial charge in [-0.1, -0.05) is 6.92 Å². The standard InChI is InChI=1S/C10H19NO2/c1-3-9(11)7-5-8(6-7)10(12)13-4-2/h7-9H,3-6,11H2,1-2H3. The molecule has 0 saturated heterocycles. The first-order chi connectivity index (χ1) is 6.19. The van der Waals surface area contributed by atoms with Crippen molar-refractivity contribution in [2.75, 3.05) is 6.61 Å². The van der Waals surface area contributed by atoms with Crippen molar-refractivity contribution in [2.45, 2.75) is 39.2 Å². The fourth-order valence-electron chi connectivity index (χ4n) is 1.80. The Morgan fingerprint density at radius 1 is 1.54 bits per heavy atom. The van der Waals surface area contributed by atoms with Crippen LogP contribution in [0.25, 0.3) is 0 Å². The van der Waals surface area contributed by atoms with Crippen molar-refractivity contribution in [3.05, 3.63) is 0 Å². The minimum absolute atomic E-state index is 0.0398. The Bertz CT molecular complexity index is 176. The summed E-state index contributed by atoms with van der Waals surface area (Å²) >= 11 is 0. The molecule has 1 unspecified atom stereocenters. The summed E-state index contributed by atoms with van der Waals surface area (Å²) in [5, 5.41) is 0. The van der Waals surface area contributed by atoms with Gasteiger partial charge in [0.2, 0.25) is 0 Å². The van der Waals surface area contributed by atoms with E-state index in [1.165, 1.54) is 0 Å². The van der Waals surface area contributed by atoms with E-state index in [4.69, 9.17) is 10.5 Å². The van der Waals surface area contributed by atoms with E-state index in [0.717, 1.165) is 19.3 Å². The predicted molar refractivity (Wildman–Crippen MR) is 51.1 cm³/mol. The highest BCUT2D eigenvalue weighted by Gasteiger charge is 2.37. The van der Waals surface area contributed by atoms with Crippen molar-refractivity contribution >= 4 is 5.97 Å². The molecular weight excluding hydrogens is 166 g/mol. The first-order valence-corrected chi connectivity index (χ1v) is 5.11. The second-order valence-corrected chi connectivity index (χ2v) is 3.75. The van der Waals surface area contributed by atoms with Crippen LogP contribution in [0.1, 0.15) is 33.1 Å². The van der Waals surface area contributed by atoms with Crippen LogP contribution >= 0.6 is 0 Å². The van der Waals surface area contributed by atoms with Crippen molar-refractivity contribution in [1.82, 2.24) is 0 Å². The third-order valence-corrected chi connectivity index (χ3v) is 2.87. The Morgan fingerprint density at radius 3 is 2.62 bits per heavy atom. The number of esters is 1. The summed E-state index contributed by atoms with van der Waals surface area (Å²) in [6.07, 6.45) is 2.85.